The number of rotatable bonds is 6. The fourth-order valence-corrected chi connectivity index (χ4v) is 3.63. The van der Waals surface area contributed by atoms with E-state index in [1.165, 1.54) is 10.9 Å². The lowest BCUT2D eigenvalue weighted by atomic mass is 10.3. The third-order valence-corrected chi connectivity index (χ3v) is 5.29. The van der Waals surface area contributed by atoms with E-state index >= 15 is 0 Å². The molecular formula is C18H19ClN4O2S. The SMILES string of the molecule is CCc1cc2c(=O)n(CN(C)CC(=O)Nc3ccc(Cl)cc3)cnc2s1. The van der Waals surface area contributed by atoms with E-state index in [-0.39, 0.29) is 24.7 Å². The number of likely N-dealkylation sites (N-methyl/N-ethyl adjacent to an activating group) is 1. The molecule has 0 saturated carbocycles. The average Bonchev–Trinajstić information content (AvgIpc) is 3.03. The monoisotopic (exact) mass is 390 g/mol. The van der Waals surface area contributed by atoms with Gasteiger partial charge in [0.1, 0.15) is 11.2 Å². The highest BCUT2D eigenvalue weighted by molar-refractivity contribution is 7.18. The van der Waals surface area contributed by atoms with Gasteiger partial charge in [0, 0.05) is 15.6 Å². The molecule has 0 atom stereocenters. The molecule has 0 bridgehead atoms. The predicted octanol–water partition coefficient (Wildman–Crippen LogP) is 3.20. The maximum atomic E-state index is 12.6. The van der Waals surface area contributed by atoms with Crippen molar-refractivity contribution in [3.05, 3.63) is 56.9 Å². The Balaban J connectivity index is 1.65. The Morgan fingerprint density at radius 2 is 2.08 bits per heavy atom. The van der Waals surface area contributed by atoms with E-state index in [1.807, 2.05) is 6.07 Å². The maximum absolute atomic E-state index is 12.6. The lowest BCUT2D eigenvalue weighted by Gasteiger charge is -2.17. The fraction of sp³-hybridized carbons (Fsp3) is 0.278. The number of hydrogen-bond donors (Lipinski definition) is 1. The highest BCUT2D eigenvalue weighted by Crippen LogP contribution is 2.21. The highest BCUT2D eigenvalue weighted by atomic mass is 35.5. The molecule has 3 aromatic rings. The number of aryl methyl sites for hydroxylation is 1. The number of fused-ring (bicyclic) bond motifs is 1. The van der Waals surface area contributed by atoms with E-state index in [0.717, 1.165) is 16.1 Å². The molecule has 1 aromatic carbocycles. The molecule has 0 spiro atoms. The van der Waals surface area contributed by atoms with E-state index in [4.69, 9.17) is 11.6 Å². The van der Waals surface area contributed by atoms with Crippen molar-refractivity contribution in [3.63, 3.8) is 0 Å². The molecular weight excluding hydrogens is 372 g/mol. The van der Waals surface area contributed by atoms with Crippen molar-refractivity contribution in [1.82, 2.24) is 14.5 Å². The molecule has 0 aliphatic rings. The Labute approximate surface area is 160 Å². The molecule has 0 unspecified atom stereocenters. The second-order valence-corrected chi connectivity index (χ2v) is 7.57. The summed E-state index contributed by atoms with van der Waals surface area (Å²) in [6.45, 7) is 2.49. The van der Waals surface area contributed by atoms with Gasteiger partial charge in [-0.1, -0.05) is 18.5 Å². The first-order valence-electron chi connectivity index (χ1n) is 8.18. The van der Waals surface area contributed by atoms with Crippen molar-refractivity contribution < 1.29 is 4.79 Å². The molecule has 8 heteroatoms. The molecule has 0 aliphatic carbocycles. The Bertz CT molecular complexity index is 981. The van der Waals surface area contributed by atoms with Crippen LogP contribution < -0.4 is 10.9 Å². The highest BCUT2D eigenvalue weighted by Gasteiger charge is 2.12. The van der Waals surface area contributed by atoms with Crippen molar-refractivity contribution in [3.8, 4) is 0 Å². The van der Waals surface area contributed by atoms with Gasteiger partial charge in [0.25, 0.3) is 5.56 Å². The fourth-order valence-electron chi connectivity index (χ4n) is 2.57. The zero-order valence-corrected chi connectivity index (χ0v) is 16.1. The number of carbonyl (C=O) groups excluding carboxylic acids is 1. The first-order chi connectivity index (χ1) is 12.5. The van der Waals surface area contributed by atoms with Crippen LogP contribution in [0.1, 0.15) is 11.8 Å². The van der Waals surface area contributed by atoms with Crippen LogP contribution in [0.3, 0.4) is 0 Å². The van der Waals surface area contributed by atoms with Gasteiger partial charge in [-0.05, 0) is 43.8 Å². The number of thiophene rings is 1. The maximum Gasteiger partial charge on any atom is 0.263 e. The Hall–Kier alpha value is -2.22. The Kier molecular flexibility index (Phi) is 5.70. The molecule has 0 fully saturated rings. The van der Waals surface area contributed by atoms with Gasteiger partial charge in [0.2, 0.25) is 5.91 Å². The quantitative estimate of drug-likeness (QED) is 0.701. The molecule has 136 valence electrons. The third kappa shape index (κ3) is 4.30. The minimum Gasteiger partial charge on any atom is -0.325 e. The number of halogens is 1. The summed E-state index contributed by atoms with van der Waals surface area (Å²) in [5.41, 5.74) is 0.592. The molecule has 6 nitrogen and oxygen atoms in total. The van der Waals surface area contributed by atoms with Crippen LogP contribution in [0.25, 0.3) is 10.2 Å². The van der Waals surface area contributed by atoms with Crippen LogP contribution in [0, 0.1) is 0 Å². The number of aromatic nitrogens is 2. The van der Waals surface area contributed by atoms with Crippen LogP contribution in [0.4, 0.5) is 5.69 Å². The van der Waals surface area contributed by atoms with Crippen LogP contribution in [0.5, 0.6) is 0 Å². The molecule has 26 heavy (non-hydrogen) atoms. The van der Waals surface area contributed by atoms with Gasteiger partial charge >= 0.3 is 0 Å². The zero-order valence-electron chi connectivity index (χ0n) is 14.5. The Morgan fingerprint density at radius 1 is 1.35 bits per heavy atom. The van der Waals surface area contributed by atoms with Gasteiger partial charge in [-0.2, -0.15) is 0 Å². The van der Waals surface area contributed by atoms with E-state index < -0.39 is 0 Å². The Morgan fingerprint density at radius 3 is 2.77 bits per heavy atom. The lowest BCUT2D eigenvalue weighted by Crippen LogP contribution is -2.35. The molecule has 0 radical (unpaired) electrons. The minimum atomic E-state index is -0.166. The van der Waals surface area contributed by atoms with Gasteiger partial charge in [0.05, 0.1) is 18.6 Å². The second kappa shape index (κ2) is 7.99. The smallest absolute Gasteiger partial charge is 0.263 e. The number of benzene rings is 1. The lowest BCUT2D eigenvalue weighted by molar-refractivity contribution is -0.117. The van der Waals surface area contributed by atoms with Crippen LogP contribution in [-0.4, -0.2) is 34.0 Å². The molecule has 1 N–H and O–H groups in total. The first-order valence-corrected chi connectivity index (χ1v) is 9.37. The summed E-state index contributed by atoms with van der Waals surface area (Å²) in [5, 5.41) is 4.05. The summed E-state index contributed by atoms with van der Waals surface area (Å²) in [6, 6.07) is 8.81. The molecule has 2 aromatic heterocycles. The summed E-state index contributed by atoms with van der Waals surface area (Å²) in [7, 11) is 1.78. The standard InChI is InChI=1S/C18H19ClN4O2S/c1-3-14-8-15-17(26-14)20-10-23(18(15)25)11-22(2)9-16(24)21-13-6-4-12(19)5-7-13/h4-8,10H,3,9,11H2,1-2H3,(H,21,24). The van der Waals surface area contributed by atoms with E-state index in [0.29, 0.717) is 16.1 Å². The number of amides is 1. The van der Waals surface area contributed by atoms with Gasteiger partial charge in [-0.25, -0.2) is 4.98 Å². The van der Waals surface area contributed by atoms with Crippen molar-refractivity contribution in [2.75, 3.05) is 18.9 Å². The van der Waals surface area contributed by atoms with Crippen LogP contribution in [0.15, 0.2) is 41.5 Å². The zero-order chi connectivity index (χ0) is 18.7. The number of carbonyl (C=O) groups is 1. The molecule has 1 amide bonds. The van der Waals surface area contributed by atoms with Crippen molar-refractivity contribution >= 4 is 44.7 Å². The summed E-state index contributed by atoms with van der Waals surface area (Å²) in [4.78, 5) is 32.8. The predicted molar refractivity (Wildman–Crippen MR) is 106 cm³/mol. The van der Waals surface area contributed by atoms with Crippen molar-refractivity contribution in [2.45, 2.75) is 20.0 Å². The van der Waals surface area contributed by atoms with Gasteiger partial charge in [0.15, 0.2) is 0 Å². The van der Waals surface area contributed by atoms with E-state index in [9.17, 15) is 9.59 Å². The van der Waals surface area contributed by atoms with Crippen LogP contribution in [0.2, 0.25) is 5.02 Å². The topological polar surface area (TPSA) is 67.2 Å². The van der Waals surface area contributed by atoms with E-state index in [1.54, 1.807) is 47.5 Å². The third-order valence-electron chi connectivity index (χ3n) is 3.85. The second-order valence-electron chi connectivity index (χ2n) is 6.02. The van der Waals surface area contributed by atoms with Crippen LogP contribution in [-0.2, 0) is 17.9 Å². The van der Waals surface area contributed by atoms with Gasteiger partial charge in [-0.15, -0.1) is 11.3 Å². The minimum absolute atomic E-state index is 0.0871. The number of hydrogen-bond acceptors (Lipinski definition) is 5. The average molecular weight is 391 g/mol. The largest absolute Gasteiger partial charge is 0.325 e. The molecule has 0 aliphatic heterocycles. The first kappa shape index (κ1) is 18.6. The van der Waals surface area contributed by atoms with E-state index in [2.05, 4.69) is 17.2 Å². The summed E-state index contributed by atoms with van der Waals surface area (Å²) >= 11 is 7.37. The number of anilines is 1. The molecule has 3 rings (SSSR count). The summed E-state index contributed by atoms with van der Waals surface area (Å²) in [5.74, 6) is -0.166. The van der Waals surface area contributed by atoms with Crippen molar-refractivity contribution in [2.24, 2.45) is 0 Å². The summed E-state index contributed by atoms with van der Waals surface area (Å²) in [6.07, 6.45) is 2.42. The number of nitrogens with one attached hydrogen (secondary N) is 1. The number of nitrogens with zero attached hydrogens (tertiary/aromatic N) is 3. The van der Waals surface area contributed by atoms with Crippen LogP contribution >= 0.6 is 22.9 Å². The summed E-state index contributed by atoms with van der Waals surface area (Å²) < 4.78 is 1.52. The molecule has 2 heterocycles. The van der Waals surface area contributed by atoms with Gasteiger partial charge < -0.3 is 5.32 Å². The van der Waals surface area contributed by atoms with Crippen molar-refractivity contribution in [1.29, 1.82) is 0 Å². The van der Waals surface area contributed by atoms with Gasteiger partial charge in [-0.3, -0.25) is 19.1 Å². The normalized spacial score (nSPS) is 11.2. The molecule has 0 saturated heterocycles.